The van der Waals surface area contributed by atoms with Gasteiger partial charge in [-0.25, -0.2) is 0 Å². The molecule has 2 fully saturated rings. The zero-order valence-electron chi connectivity index (χ0n) is 12.3. The van der Waals surface area contributed by atoms with E-state index < -0.39 is 5.41 Å². The zero-order chi connectivity index (χ0) is 14.3. The lowest BCUT2D eigenvalue weighted by atomic mass is 9.73. The van der Waals surface area contributed by atoms with Crippen molar-refractivity contribution in [2.75, 3.05) is 0 Å². The summed E-state index contributed by atoms with van der Waals surface area (Å²) in [5.74, 6) is 0.0960. The van der Waals surface area contributed by atoms with Gasteiger partial charge in [0.2, 0.25) is 11.8 Å². The van der Waals surface area contributed by atoms with Gasteiger partial charge in [-0.2, -0.15) is 0 Å². The molecule has 4 heteroatoms. The molecule has 0 heterocycles. The van der Waals surface area contributed by atoms with Crippen LogP contribution in [0.3, 0.4) is 0 Å². The molecular formula is C15H26N2O2. The molecule has 2 aliphatic rings. The minimum Gasteiger partial charge on any atom is -0.369 e. The smallest absolute Gasteiger partial charge is 0.224 e. The summed E-state index contributed by atoms with van der Waals surface area (Å²) in [6.07, 6.45) is 6.00. The molecule has 19 heavy (non-hydrogen) atoms. The van der Waals surface area contributed by atoms with Crippen molar-refractivity contribution in [1.29, 1.82) is 0 Å². The average Bonchev–Trinajstić information content (AvgIpc) is 2.93. The highest BCUT2D eigenvalue weighted by atomic mass is 16.2. The van der Waals surface area contributed by atoms with Crippen molar-refractivity contribution in [2.45, 2.75) is 64.8 Å². The molecule has 108 valence electrons. The van der Waals surface area contributed by atoms with Gasteiger partial charge in [0.25, 0.3) is 0 Å². The second-order valence-corrected chi connectivity index (χ2v) is 7.34. The van der Waals surface area contributed by atoms with Gasteiger partial charge in [0.05, 0.1) is 11.3 Å². The van der Waals surface area contributed by atoms with E-state index >= 15 is 0 Å². The van der Waals surface area contributed by atoms with Crippen molar-refractivity contribution in [1.82, 2.24) is 5.32 Å². The van der Waals surface area contributed by atoms with E-state index in [4.69, 9.17) is 5.73 Å². The van der Waals surface area contributed by atoms with Crippen LogP contribution in [0.15, 0.2) is 0 Å². The van der Waals surface area contributed by atoms with Crippen molar-refractivity contribution in [3.8, 4) is 0 Å². The molecule has 0 aromatic heterocycles. The van der Waals surface area contributed by atoms with E-state index in [1.54, 1.807) is 0 Å². The third kappa shape index (κ3) is 3.10. The van der Waals surface area contributed by atoms with Crippen LogP contribution in [-0.2, 0) is 9.59 Å². The van der Waals surface area contributed by atoms with E-state index in [1.807, 2.05) is 20.8 Å². The van der Waals surface area contributed by atoms with Gasteiger partial charge in [-0.3, -0.25) is 9.59 Å². The van der Waals surface area contributed by atoms with Gasteiger partial charge in [-0.15, -0.1) is 0 Å². The normalized spacial score (nSPS) is 23.3. The van der Waals surface area contributed by atoms with Crippen molar-refractivity contribution >= 4 is 11.8 Å². The highest BCUT2D eigenvalue weighted by Crippen LogP contribution is 2.55. The molecule has 0 saturated heterocycles. The first-order valence-electron chi connectivity index (χ1n) is 7.36. The van der Waals surface area contributed by atoms with Crippen molar-refractivity contribution < 1.29 is 9.59 Å². The maximum absolute atomic E-state index is 12.5. The number of primary amides is 1. The topological polar surface area (TPSA) is 72.2 Å². The van der Waals surface area contributed by atoms with E-state index in [1.165, 1.54) is 19.3 Å². The Kier molecular flexibility index (Phi) is 3.63. The Labute approximate surface area is 115 Å². The van der Waals surface area contributed by atoms with Crippen LogP contribution >= 0.6 is 0 Å². The van der Waals surface area contributed by atoms with Crippen LogP contribution in [0.2, 0.25) is 0 Å². The third-order valence-corrected chi connectivity index (χ3v) is 4.55. The predicted octanol–water partition coefficient (Wildman–Crippen LogP) is 1.97. The van der Waals surface area contributed by atoms with E-state index in [0.717, 1.165) is 19.3 Å². The fraction of sp³-hybridized carbons (Fsp3) is 0.867. The van der Waals surface area contributed by atoms with Gasteiger partial charge in [0.15, 0.2) is 0 Å². The van der Waals surface area contributed by atoms with E-state index in [0.29, 0.717) is 5.92 Å². The lowest BCUT2D eigenvalue weighted by molar-refractivity contribution is -0.136. The Balaban J connectivity index is 2.09. The molecule has 0 unspecified atom stereocenters. The molecular weight excluding hydrogens is 240 g/mol. The van der Waals surface area contributed by atoms with Gasteiger partial charge < -0.3 is 11.1 Å². The summed E-state index contributed by atoms with van der Waals surface area (Å²) in [5, 5.41) is 3.03. The number of hydrogen-bond acceptors (Lipinski definition) is 2. The average molecular weight is 266 g/mol. The van der Waals surface area contributed by atoms with Crippen LogP contribution in [0.25, 0.3) is 0 Å². The molecule has 1 atom stereocenters. The summed E-state index contributed by atoms with van der Waals surface area (Å²) in [4.78, 5) is 24.2. The summed E-state index contributed by atoms with van der Waals surface area (Å²) in [6, 6.07) is 0. The molecule has 0 aromatic rings. The number of amides is 2. The van der Waals surface area contributed by atoms with Gasteiger partial charge >= 0.3 is 0 Å². The van der Waals surface area contributed by atoms with Gasteiger partial charge in [0, 0.05) is 5.54 Å². The summed E-state index contributed by atoms with van der Waals surface area (Å²) < 4.78 is 0. The lowest BCUT2D eigenvalue weighted by Crippen LogP contribution is -2.49. The molecule has 0 radical (unpaired) electrons. The molecule has 3 N–H and O–H groups in total. The monoisotopic (exact) mass is 266 g/mol. The largest absolute Gasteiger partial charge is 0.369 e. The third-order valence-electron chi connectivity index (χ3n) is 4.55. The second-order valence-electron chi connectivity index (χ2n) is 7.34. The summed E-state index contributed by atoms with van der Waals surface area (Å²) >= 11 is 0. The summed E-state index contributed by atoms with van der Waals surface area (Å²) in [7, 11) is 0. The first-order chi connectivity index (χ1) is 8.74. The summed E-state index contributed by atoms with van der Waals surface area (Å²) in [5.41, 5.74) is 4.74. The first kappa shape index (κ1) is 14.4. The first-order valence-corrected chi connectivity index (χ1v) is 7.36. The Morgan fingerprint density at radius 1 is 1.32 bits per heavy atom. The summed E-state index contributed by atoms with van der Waals surface area (Å²) in [6.45, 7) is 5.90. The number of hydrogen-bond donors (Lipinski definition) is 2. The molecule has 0 bridgehead atoms. The number of carbonyl (C=O) groups excluding carboxylic acids is 2. The maximum atomic E-state index is 12.5. The Morgan fingerprint density at radius 3 is 2.21 bits per heavy atom. The van der Waals surface area contributed by atoms with Crippen molar-refractivity contribution in [2.24, 2.45) is 23.0 Å². The van der Waals surface area contributed by atoms with Crippen molar-refractivity contribution in [3.05, 3.63) is 0 Å². The van der Waals surface area contributed by atoms with Crippen LogP contribution in [0.5, 0.6) is 0 Å². The molecule has 2 saturated carbocycles. The fourth-order valence-corrected chi connectivity index (χ4v) is 3.00. The molecule has 2 rings (SSSR count). The van der Waals surface area contributed by atoms with Crippen LogP contribution in [0, 0.1) is 17.3 Å². The SMILES string of the molecule is CC(C)(C)NC(=O)[C@H](CC1CCC1)C1(C(N)=O)CC1. The van der Waals surface area contributed by atoms with Crippen molar-refractivity contribution in [3.63, 3.8) is 0 Å². The second kappa shape index (κ2) is 4.80. The Morgan fingerprint density at radius 2 is 1.89 bits per heavy atom. The van der Waals surface area contributed by atoms with Gasteiger partial charge in [-0.1, -0.05) is 19.3 Å². The van der Waals surface area contributed by atoms with Gasteiger partial charge in [0.1, 0.15) is 0 Å². The van der Waals surface area contributed by atoms with Crippen LogP contribution in [0.1, 0.15) is 59.3 Å². The van der Waals surface area contributed by atoms with E-state index in [2.05, 4.69) is 5.32 Å². The molecule has 0 spiro atoms. The minimum absolute atomic E-state index is 0.00991. The Bertz CT molecular complexity index is 376. The number of carbonyl (C=O) groups is 2. The highest BCUT2D eigenvalue weighted by Gasteiger charge is 2.57. The quantitative estimate of drug-likeness (QED) is 0.798. The number of nitrogens with two attached hydrogens (primary N) is 1. The highest BCUT2D eigenvalue weighted by molar-refractivity contribution is 5.92. The van der Waals surface area contributed by atoms with E-state index in [9.17, 15) is 9.59 Å². The number of nitrogens with one attached hydrogen (secondary N) is 1. The molecule has 2 aliphatic carbocycles. The molecule has 4 nitrogen and oxygen atoms in total. The van der Waals surface area contributed by atoms with Crippen LogP contribution < -0.4 is 11.1 Å². The minimum atomic E-state index is -0.551. The van der Waals surface area contributed by atoms with Crippen LogP contribution in [-0.4, -0.2) is 17.4 Å². The predicted molar refractivity (Wildman–Crippen MR) is 74.2 cm³/mol. The molecule has 0 aromatic carbocycles. The maximum Gasteiger partial charge on any atom is 0.224 e. The van der Waals surface area contributed by atoms with Gasteiger partial charge in [-0.05, 0) is 46.0 Å². The van der Waals surface area contributed by atoms with E-state index in [-0.39, 0.29) is 23.3 Å². The standard InChI is InChI=1S/C15H26N2O2/c1-14(2,3)17-12(18)11(9-10-5-4-6-10)15(7-8-15)13(16)19/h10-11H,4-9H2,1-3H3,(H2,16,19)(H,17,18)/t11-/m0/s1. The fourth-order valence-electron chi connectivity index (χ4n) is 3.00. The van der Waals surface area contributed by atoms with Crippen LogP contribution in [0.4, 0.5) is 0 Å². The zero-order valence-corrected chi connectivity index (χ0v) is 12.3. The Hall–Kier alpha value is -1.06. The lowest BCUT2D eigenvalue weighted by Gasteiger charge is -2.34. The number of rotatable bonds is 5. The molecule has 2 amide bonds. The molecule has 0 aliphatic heterocycles.